The summed E-state index contributed by atoms with van der Waals surface area (Å²) in [4.78, 5) is 18.2. The highest BCUT2D eigenvalue weighted by molar-refractivity contribution is 7.09. The van der Waals surface area contributed by atoms with Gasteiger partial charge in [-0.2, -0.15) is 0 Å². The van der Waals surface area contributed by atoms with Crippen LogP contribution in [0.1, 0.15) is 16.9 Å². The highest BCUT2D eigenvalue weighted by atomic mass is 35.5. The van der Waals surface area contributed by atoms with E-state index in [2.05, 4.69) is 22.4 Å². The summed E-state index contributed by atoms with van der Waals surface area (Å²) >= 11 is 7.92. The fourth-order valence-electron chi connectivity index (χ4n) is 2.85. The van der Waals surface area contributed by atoms with Gasteiger partial charge in [-0.3, -0.25) is 9.69 Å². The first-order valence-corrected chi connectivity index (χ1v) is 9.44. The maximum absolute atomic E-state index is 12.4. The molecule has 1 aliphatic heterocycles. The summed E-state index contributed by atoms with van der Waals surface area (Å²) in [5, 5.41) is 2.78. The molecule has 0 spiro atoms. The molecule has 1 fully saturated rings. The number of hydrogen-bond acceptors (Lipinski definition) is 3. The molecule has 1 aromatic heterocycles. The van der Waals surface area contributed by atoms with Gasteiger partial charge in [0, 0.05) is 48.7 Å². The Bertz CT molecular complexity index is 699. The Hall–Kier alpha value is -1.62. The Kier molecular flexibility index (Phi) is 6.07. The predicted molar refractivity (Wildman–Crippen MR) is 101 cm³/mol. The normalized spacial score (nSPS) is 16.5. The lowest BCUT2D eigenvalue weighted by Crippen LogP contribution is -2.33. The van der Waals surface area contributed by atoms with Crippen LogP contribution in [-0.2, 0) is 11.3 Å². The maximum Gasteiger partial charge on any atom is 0.246 e. The molecule has 2 heterocycles. The van der Waals surface area contributed by atoms with E-state index in [0.29, 0.717) is 5.02 Å². The number of nitrogens with zero attached hydrogens (tertiary/aromatic N) is 2. The molecule has 0 unspecified atom stereocenters. The molecule has 0 radical (unpaired) electrons. The molecule has 1 amide bonds. The first-order valence-electron chi connectivity index (χ1n) is 8.18. The predicted octanol–water partition coefficient (Wildman–Crippen LogP) is 4.15. The minimum absolute atomic E-state index is 0.0629. The molecule has 126 valence electrons. The van der Waals surface area contributed by atoms with Crippen molar-refractivity contribution in [1.82, 2.24) is 9.80 Å². The molecule has 24 heavy (non-hydrogen) atoms. The summed E-state index contributed by atoms with van der Waals surface area (Å²) in [6.07, 6.45) is 4.45. The van der Waals surface area contributed by atoms with Crippen molar-refractivity contribution >= 4 is 34.9 Å². The van der Waals surface area contributed by atoms with Gasteiger partial charge >= 0.3 is 0 Å². The lowest BCUT2D eigenvalue weighted by atomic mass is 10.2. The van der Waals surface area contributed by atoms with Crippen LogP contribution >= 0.6 is 22.9 Å². The quantitative estimate of drug-likeness (QED) is 0.765. The Morgan fingerprint density at radius 2 is 2.00 bits per heavy atom. The van der Waals surface area contributed by atoms with Crippen molar-refractivity contribution in [3.63, 3.8) is 0 Å². The van der Waals surface area contributed by atoms with Crippen LogP contribution in [0, 0.1) is 0 Å². The topological polar surface area (TPSA) is 23.6 Å². The van der Waals surface area contributed by atoms with Gasteiger partial charge in [0.15, 0.2) is 0 Å². The van der Waals surface area contributed by atoms with Crippen LogP contribution in [0.25, 0.3) is 6.08 Å². The molecule has 0 aliphatic carbocycles. The van der Waals surface area contributed by atoms with Crippen LogP contribution in [0.2, 0.25) is 5.02 Å². The minimum Gasteiger partial charge on any atom is -0.338 e. The molecule has 5 heteroatoms. The van der Waals surface area contributed by atoms with E-state index < -0.39 is 0 Å². The van der Waals surface area contributed by atoms with Crippen LogP contribution in [-0.4, -0.2) is 41.9 Å². The van der Waals surface area contributed by atoms with Gasteiger partial charge in [-0.1, -0.05) is 35.9 Å². The van der Waals surface area contributed by atoms with Crippen molar-refractivity contribution in [2.75, 3.05) is 26.2 Å². The average Bonchev–Trinajstić information content (AvgIpc) is 2.98. The van der Waals surface area contributed by atoms with Gasteiger partial charge in [0.25, 0.3) is 0 Å². The third-order valence-corrected chi connectivity index (χ3v) is 5.38. The van der Waals surface area contributed by atoms with Crippen LogP contribution in [0.4, 0.5) is 0 Å². The Morgan fingerprint density at radius 1 is 1.12 bits per heavy atom. The van der Waals surface area contributed by atoms with Gasteiger partial charge in [-0.25, -0.2) is 0 Å². The van der Waals surface area contributed by atoms with Crippen molar-refractivity contribution in [1.29, 1.82) is 0 Å². The summed E-state index contributed by atoms with van der Waals surface area (Å²) in [7, 11) is 0. The third kappa shape index (κ3) is 4.69. The van der Waals surface area contributed by atoms with E-state index in [4.69, 9.17) is 11.6 Å². The second-order valence-corrected chi connectivity index (χ2v) is 7.33. The molecule has 0 bridgehead atoms. The summed E-state index contributed by atoms with van der Waals surface area (Å²) in [6, 6.07) is 11.8. The number of benzene rings is 1. The second kappa shape index (κ2) is 8.47. The van der Waals surface area contributed by atoms with Crippen LogP contribution in [0.5, 0.6) is 0 Å². The van der Waals surface area contributed by atoms with E-state index in [0.717, 1.165) is 44.7 Å². The average molecular weight is 361 g/mol. The molecule has 1 aliphatic rings. The SMILES string of the molecule is O=C(/C=C/c1ccccc1Cl)N1CCCN(Cc2cccs2)CC1. The molecule has 0 saturated carbocycles. The van der Waals surface area contributed by atoms with Crippen LogP contribution in [0.3, 0.4) is 0 Å². The maximum atomic E-state index is 12.4. The summed E-state index contributed by atoms with van der Waals surface area (Å²) in [6.45, 7) is 4.53. The first kappa shape index (κ1) is 17.2. The van der Waals surface area contributed by atoms with Gasteiger partial charge in [0.2, 0.25) is 5.91 Å². The first-order chi connectivity index (χ1) is 11.7. The fourth-order valence-corrected chi connectivity index (χ4v) is 3.79. The minimum atomic E-state index is 0.0629. The molecule has 0 atom stereocenters. The fraction of sp³-hybridized carbons (Fsp3) is 0.316. The zero-order valence-electron chi connectivity index (χ0n) is 13.5. The zero-order valence-corrected chi connectivity index (χ0v) is 15.1. The van der Waals surface area contributed by atoms with Gasteiger partial charge in [0.1, 0.15) is 0 Å². The van der Waals surface area contributed by atoms with Crippen molar-refractivity contribution in [2.45, 2.75) is 13.0 Å². The molecule has 2 aromatic rings. The van der Waals surface area contributed by atoms with Gasteiger partial charge in [0.05, 0.1) is 0 Å². The molecule has 3 rings (SSSR count). The van der Waals surface area contributed by atoms with Crippen molar-refractivity contribution in [2.24, 2.45) is 0 Å². The lowest BCUT2D eigenvalue weighted by molar-refractivity contribution is -0.125. The van der Waals surface area contributed by atoms with E-state index in [-0.39, 0.29) is 5.91 Å². The molecule has 0 N–H and O–H groups in total. The monoisotopic (exact) mass is 360 g/mol. The Morgan fingerprint density at radius 3 is 2.79 bits per heavy atom. The molecular weight excluding hydrogens is 340 g/mol. The van der Waals surface area contributed by atoms with Crippen LogP contribution in [0.15, 0.2) is 47.9 Å². The molecule has 3 nitrogen and oxygen atoms in total. The number of hydrogen-bond donors (Lipinski definition) is 0. The number of carbonyl (C=O) groups excluding carboxylic acids is 1. The summed E-state index contributed by atoms with van der Waals surface area (Å²) < 4.78 is 0. The number of rotatable bonds is 4. The van der Waals surface area contributed by atoms with Gasteiger partial charge < -0.3 is 4.90 Å². The number of amides is 1. The largest absolute Gasteiger partial charge is 0.338 e. The van der Waals surface area contributed by atoms with E-state index in [1.54, 1.807) is 23.5 Å². The van der Waals surface area contributed by atoms with Crippen molar-refractivity contribution in [3.05, 3.63) is 63.3 Å². The second-order valence-electron chi connectivity index (χ2n) is 5.89. The third-order valence-electron chi connectivity index (χ3n) is 4.17. The Balaban J connectivity index is 1.55. The van der Waals surface area contributed by atoms with E-state index in [1.807, 2.05) is 29.2 Å². The van der Waals surface area contributed by atoms with Crippen molar-refractivity contribution < 1.29 is 4.79 Å². The van der Waals surface area contributed by atoms with Crippen molar-refractivity contribution in [3.8, 4) is 0 Å². The summed E-state index contributed by atoms with van der Waals surface area (Å²) in [5.41, 5.74) is 0.877. The molecule has 1 saturated heterocycles. The number of thiophene rings is 1. The van der Waals surface area contributed by atoms with Crippen LogP contribution < -0.4 is 0 Å². The van der Waals surface area contributed by atoms with E-state index >= 15 is 0 Å². The van der Waals surface area contributed by atoms with E-state index in [9.17, 15) is 4.79 Å². The lowest BCUT2D eigenvalue weighted by Gasteiger charge is -2.20. The smallest absolute Gasteiger partial charge is 0.246 e. The standard InChI is InChI=1S/C19H21ClN2OS/c20-18-7-2-1-5-16(18)8-9-19(23)22-11-4-10-21(12-13-22)15-17-6-3-14-24-17/h1-3,5-9,14H,4,10-13,15H2/b9-8+. The highest BCUT2D eigenvalue weighted by Gasteiger charge is 2.17. The van der Waals surface area contributed by atoms with Gasteiger partial charge in [-0.05, 0) is 35.6 Å². The number of carbonyl (C=O) groups is 1. The summed E-state index contributed by atoms with van der Waals surface area (Å²) in [5.74, 6) is 0.0629. The molecular formula is C19H21ClN2OS. The zero-order chi connectivity index (χ0) is 16.8. The number of halogens is 1. The Labute approximate surface area is 152 Å². The van der Waals surface area contributed by atoms with E-state index in [1.165, 1.54) is 4.88 Å². The molecule has 1 aromatic carbocycles. The highest BCUT2D eigenvalue weighted by Crippen LogP contribution is 2.17. The van der Waals surface area contributed by atoms with Gasteiger partial charge in [-0.15, -0.1) is 11.3 Å².